The van der Waals surface area contributed by atoms with Gasteiger partial charge in [-0.2, -0.15) is 0 Å². The Hall–Kier alpha value is -1.09. The molecular formula is C20H28O3. The first kappa shape index (κ1) is 15.4. The molecule has 2 bridgehead atoms. The maximum absolute atomic E-state index is 13.0. The molecule has 0 heterocycles. The Kier molecular flexibility index (Phi) is 3.02. The van der Waals surface area contributed by atoms with Crippen molar-refractivity contribution in [2.45, 2.75) is 46.5 Å². The summed E-state index contributed by atoms with van der Waals surface area (Å²) in [6, 6.07) is 0. The SMILES string of the molecule is CC1(C)C=C(O)C(=O)[C@@]2(C)[C@@H]3C[C@]4(CO)C=C[C@@H](C4)[C@H]3CC[C@H]12. The minimum atomic E-state index is -0.504. The molecule has 2 N–H and O–H groups in total. The Morgan fingerprint density at radius 3 is 2.65 bits per heavy atom. The van der Waals surface area contributed by atoms with Crippen LogP contribution in [0.25, 0.3) is 0 Å². The fourth-order valence-corrected chi connectivity index (χ4v) is 6.70. The minimum absolute atomic E-state index is 0.0432. The van der Waals surface area contributed by atoms with Crippen LogP contribution in [-0.2, 0) is 4.79 Å². The summed E-state index contributed by atoms with van der Waals surface area (Å²) in [5.74, 6) is 1.42. The average Bonchev–Trinajstić information content (AvgIpc) is 2.85. The Balaban J connectivity index is 1.81. The third-order valence-electron chi connectivity index (χ3n) is 7.76. The van der Waals surface area contributed by atoms with Crippen molar-refractivity contribution in [1.82, 2.24) is 0 Å². The molecule has 0 aromatic rings. The minimum Gasteiger partial charge on any atom is -0.505 e. The highest BCUT2D eigenvalue weighted by Gasteiger charge is 2.63. The first-order valence-electron chi connectivity index (χ1n) is 9.00. The van der Waals surface area contributed by atoms with E-state index in [0.717, 1.165) is 25.7 Å². The molecule has 2 saturated carbocycles. The first-order valence-corrected chi connectivity index (χ1v) is 9.00. The molecule has 2 fully saturated rings. The number of aliphatic hydroxyl groups excluding tert-OH is 2. The quantitative estimate of drug-likeness (QED) is 0.726. The van der Waals surface area contributed by atoms with Gasteiger partial charge in [-0.1, -0.05) is 32.9 Å². The Bertz CT molecular complexity index is 616. The lowest BCUT2D eigenvalue weighted by Gasteiger charge is -2.60. The molecule has 0 amide bonds. The molecule has 23 heavy (non-hydrogen) atoms. The molecule has 0 aromatic heterocycles. The van der Waals surface area contributed by atoms with E-state index in [4.69, 9.17) is 0 Å². The third-order valence-corrected chi connectivity index (χ3v) is 7.76. The van der Waals surface area contributed by atoms with Gasteiger partial charge in [0.2, 0.25) is 5.78 Å². The highest BCUT2D eigenvalue weighted by atomic mass is 16.3. The molecular weight excluding hydrogens is 288 g/mol. The number of allylic oxidation sites excluding steroid dienone is 3. The Labute approximate surface area is 138 Å². The van der Waals surface area contributed by atoms with Crippen LogP contribution in [0.5, 0.6) is 0 Å². The van der Waals surface area contributed by atoms with Crippen molar-refractivity contribution in [3.63, 3.8) is 0 Å². The second kappa shape index (κ2) is 4.50. The van der Waals surface area contributed by atoms with E-state index in [9.17, 15) is 15.0 Å². The van der Waals surface area contributed by atoms with Gasteiger partial charge in [0.25, 0.3) is 0 Å². The van der Waals surface area contributed by atoms with Crippen molar-refractivity contribution in [2.75, 3.05) is 6.61 Å². The van der Waals surface area contributed by atoms with Crippen LogP contribution in [0, 0.1) is 39.9 Å². The number of aliphatic hydroxyl groups is 2. The number of carbonyl (C=O) groups is 1. The number of carbonyl (C=O) groups excluding carboxylic acids is 1. The smallest absolute Gasteiger partial charge is 0.203 e. The number of Topliss-reactive ketones (excluding diaryl/α,β-unsaturated/α-hetero) is 1. The van der Waals surface area contributed by atoms with Crippen LogP contribution in [0.1, 0.15) is 46.5 Å². The van der Waals surface area contributed by atoms with Gasteiger partial charge in [0, 0.05) is 10.8 Å². The lowest BCUT2D eigenvalue weighted by atomic mass is 9.43. The zero-order chi connectivity index (χ0) is 16.6. The zero-order valence-electron chi connectivity index (χ0n) is 14.4. The fraction of sp³-hybridized carbons (Fsp3) is 0.750. The molecule has 126 valence electrons. The summed E-state index contributed by atoms with van der Waals surface area (Å²) in [7, 11) is 0. The van der Waals surface area contributed by atoms with Crippen molar-refractivity contribution < 1.29 is 15.0 Å². The van der Waals surface area contributed by atoms with Gasteiger partial charge in [-0.25, -0.2) is 0 Å². The lowest BCUT2D eigenvalue weighted by molar-refractivity contribution is -0.156. The van der Waals surface area contributed by atoms with Crippen LogP contribution in [0.15, 0.2) is 24.0 Å². The van der Waals surface area contributed by atoms with Gasteiger partial charge in [0.15, 0.2) is 5.76 Å². The molecule has 6 atom stereocenters. The van der Waals surface area contributed by atoms with Gasteiger partial charge < -0.3 is 10.2 Å². The predicted octanol–water partition coefficient (Wildman–Crippen LogP) is 3.64. The second-order valence-corrected chi connectivity index (χ2v) is 9.31. The van der Waals surface area contributed by atoms with Crippen molar-refractivity contribution in [1.29, 1.82) is 0 Å². The number of hydrogen-bond acceptors (Lipinski definition) is 3. The van der Waals surface area contributed by atoms with Crippen molar-refractivity contribution in [2.24, 2.45) is 39.9 Å². The highest BCUT2D eigenvalue weighted by Crippen LogP contribution is 2.66. The summed E-state index contributed by atoms with van der Waals surface area (Å²) in [4.78, 5) is 13.0. The zero-order valence-corrected chi connectivity index (χ0v) is 14.4. The summed E-state index contributed by atoms with van der Waals surface area (Å²) < 4.78 is 0. The molecule has 0 spiro atoms. The van der Waals surface area contributed by atoms with E-state index < -0.39 is 5.41 Å². The molecule has 0 aromatic carbocycles. The van der Waals surface area contributed by atoms with Gasteiger partial charge >= 0.3 is 0 Å². The van der Waals surface area contributed by atoms with Gasteiger partial charge in [0.05, 0.1) is 6.61 Å². The molecule has 0 aliphatic heterocycles. The molecule has 0 saturated heterocycles. The van der Waals surface area contributed by atoms with Gasteiger partial charge in [-0.3, -0.25) is 4.79 Å². The van der Waals surface area contributed by atoms with E-state index in [0.29, 0.717) is 11.8 Å². The van der Waals surface area contributed by atoms with Crippen LogP contribution in [0.2, 0.25) is 0 Å². The van der Waals surface area contributed by atoms with Gasteiger partial charge in [-0.05, 0) is 60.8 Å². The van der Waals surface area contributed by atoms with Gasteiger partial charge in [-0.15, -0.1) is 0 Å². The van der Waals surface area contributed by atoms with Crippen LogP contribution in [-0.4, -0.2) is 22.6 Å². The number of hydrogen-bond donors (Lipinski definition) is 2. The third kappa shape index (κ3) is 1.83. The molecule has 4 aliphatic rings. The number of rotatable bonds is 1. The van der Waals surface area contributed by atoms with Crippen molar-refractivity contribution >= 4 is 5.78 Å². The predicted molar refractivity (Wildman–Crippen MR) is 88.7 cm³/mol. The van der Waals surface area contributed by atoms with Gasteiger partial charge in [0.1, 0.15) is 0 Å². The second-order valence-electron chi connectivity index (χ2n) is 9.31. The normalized spacial score (nSPS) is 50.3. The molecule has 0 unspecified atom stereocenters. The van der Waals surface area contributed by atoms with Crippen molar-refractivity contribution in [3.05, 3.63) is 24.0 Å². The molecule has 3 heteroatoms. The van der Waals surface area contributed by atoms with E-state index in [-0.39, 0.29) is 40.8 Å². The highest BCUT2D eigenvalue weighted by molar-refractivity contribution is 5.99. The van der Waals surface area contributed by atoms with Crippen LogP contribution in [0.4, 0.5) is 0 Å². The summed E-state index contributed by atoms with van der Waals surface area (Å²) in [6.07, 6.45) is 10.4. The Morgan fingerprint density at radius 2 is 1.96 bits per heavy atom. The standard InChI is InChI=1S/C20H28O3/c1-18(2)10-15(22)17(23)19(3)14-9-20(11-21)7-6-12(8-20)13(14)4-5-16(18)19/h6-7,10,12-14,16,21-22H,4-5,8-9,11H2,1-3H3/t12-,13+,14+,16+,19-,20-/m0/s1. The number of fused-ring (bicyclic) bond motifs is 6. The topological polar surface area (TPSA) is 57.5 Å². The van der Waals surface area contributed by atoms with E-state index >= 15 is 0 Å². The van der Waals surface area contributed by atoms with Crippen molar-refractivity contribution in [3.8, 4) is 0 Å². The summed E-state index contributed by atoms with van der Waals surface area (Å²) in [6.45, 7) is 6.56. The van der Waals surface area contributed by atoms with E-state index in [1.165, 1.54) is 0 Å². The maximum atomic E-state index is 13.0. The molecule has 4 aliphatic carbocycles. The van der Waals surface area contributed by atoms with Crippen LogP contribution < -0.4 is 0 Å². The monoisotopic (exact) mass is 316 g/mol. The summed E-state index contributed by atoms with van der Waals surface area (Å²) in [5, 5.41) is 20.3. The molecule has 3 nitrogen and oxygen atoms in total. The summed E-state index contributed by atoms with van der Waals surface area (Å²) in [5.41, 5.74) is -0.803. The molecule has 4 rings (SSSR count). The van der Waals surface area contributed by atoms with Crippen LogP contribution in [0.3, 0.4) is 0 Å². The fourth-order valence-electron chi connectivity index (χ4n) is 6.70. The van der Waals surface area contributed by atoms with Crippen LogP contribution >= 0.6 is 0 Å². The largest absolute Gasteiger partial charge is 0.505 e. The molecule has 0 radical (unpaired) electrons. The summed E-state index contributed by atoms with van der Waals surface area (Å²) >= 11 is 0. The Morgan fingerprint density at radius 1 is 1.22 bits per heavy atom. The number of ketones is 1. The van der Waals surface area contributed by atoms with E-state index in [2.05, 4.69) is 32.9 Å². The average molecular weight is 316 g/mol. The lowest BCUT2D eigenvalue weighted by Crippen LogP contribution is -2.58. The van der Waals surface area contributed by atoms with E-state index in [1.54, 1.807) is 6.08 Å². The first-order chi connectivity index (χ1) is 10.7. The maximum Gasteiger partial charge on any atom is 0.203 e. The van der Waals surface area contributed by atoms with E-state index in [1.807, 2.05) is 0 Å².